The molecule has 0 bridgehead atoms. The number of rotatable bonds is 4. The van der Waals surface area contributed by atoms with E-state index in [9.17, 15) is 0 Å². The van der Waals surface area contributed by atoms with Crippen molar-refractivity contribution in [3.05, 3.63) is 18.6 Å². The molecule has 1 aliphatic rings. The highest BCUT2D eigenvalue weighted by Crippen LogP contribution is 2.42. The molecule has 4 heteroatoms. The summed E-state index contributed by atoms with van der Waals surface area (Å²) < 4.78 is 0. The van der Waals surface area contributed by atoms with Crippen molar-refractivity contribution in [3.8, 4) is 0 Å². The summed E-state index contributed by atoms with van der Waals surface area (Å²) in [7, 11) is 0. The van der Waals surface area contributed by atoms with Gasteiger partial charge in [-0.2, -0.15) is 0 Å². The maximum Gasteiger partial charge on any atom is 0.115 e. The van der Waals surface area contributed by atoms with Crippen LogP contribution in [0.2, 0.25) is 0 Å². The molecule has 0 spiro atoms. The molecule has 0 saturated heterocycles. The quantitative estimate of drug-likeness (QED) is 0.917. The Labute approximate surface area is 127 Å². The molecule has 3 unspecified atom stereocenters. The minimum atomic E-state index is 0.401. The molecule has 1 saturated carbocycles. The molecule has 1 aromatic heterocycles. The Bertz CT molecular complexity index is 402. The van der Waals surface area contributed by atoms with Crippen LogP contribution >= 0.6 is 11.8 Å². The standard InChI is InChI=1S/C16H27N3S/c1-5-18-13-7-6-12(16(2,3)4)10-14(13)20-15-11-17-8-9-19-15/h8-9,11-14,18H,5-7,10H2,1-4H3. The second kappa shape index (κ2) is 6.90. The summed E-state index contributed by atoms with van der Waals surface area (Å²) in [6.45, 7) is 10.3. The molecule has 0 aromatic carbocycles. The maximum absolute atomic E-state index is 4.43. The average Bonchev–Trinajstić information content (AvgIpc) is 2.41. The summed E-state index contributed by atoms with van der Waals surface area (Å²) in [5.74, 6) is 0.798. The van der Waals surface area contributed by atoms with Crippen LogP contribution < -0.4 is 5.32 Å². The van der Waals surface area contributed by atoms with Gasteiger partial charge in [-0.3, -0.25) is 4.98 Å². The van der Waals surface area contributed by atoms with Gasteiger partial charge in [0.05, 0.1) is 6.20 Å². The third-order valence-corrected chi connectivity index (χ3v) is 5.57. The van der Waals surface area contributed by atoms with E-state index in [1.165, 1.54) is 19.3 Å². The average molecular weight is 293 g/mol. The fourth-order valence-corrected chi connectivity index (χ4v) is 4.32. The lowest BCUT2D eigenvalue weighted by atomic mass is 9.71. The molecule has 3 atom stereocenters. The van der Waals surface area contributed by atoms with E-state index >= 15 is 0 Å². The highest BCUT2D eigenvalue weighted by molar-refractivity contribution is 7.99. The van der Waals surface area contributed by atoms with Crippen LogP contribution in [0.1, 0.15) is 47.0 Å². The molecule has 1 heterocycles. The Morgan fingerprint density at radius 3 is 2.70 bits per heavy atom. The Balaban J connectivity index is 2.07. The summed E-state index contributed by atoms with van der Waals surface area (Å²) in [6.07, 6.45) is 9.28. The molecular formula is C16H27N3S. The van der Waals surface area contributed by atoms with E-state index in [1.807, 2.05) is 18.0 Å². The van der Waals surface area contributed by atoms with Crippen molar-refractivity contribution in [1.82, 2.24) is 15.3 Å². The van der Waals surface area contributed by atoms with Gasteiger partial charge >= 0.3 is 0 Å². The lowest BCUT2D eigenvalue weighted by Gasteiger charge is -2.41. The number of hydrogen-bond acceptors (Lipinski definition) is 4. The zero-order chi connectivity index (χ0) is 14.6. The molecule has 112 valence electrons. The first kappa shape index (κ1) is 15.8. The van der Waals surface area contributed by atoms with Crippen LogP contribution in [0.5, 0.6) is 0 Å². The van der Waals surface area contributed by atoms with E-state index in [2.05, 4.69) is 43.0 Å². The lowest BCUT2D eigenvalue weighted by Crippen LogP contribution is -2.44. The lowest BCUT2D eigenvalue weighted by molar-refractivity contribution is 0.165. The summed E-state index contributed by atoms with van der Waals surface area (Å²) in [5.41, 5.74) is 0.401. The molecule has 0 amide bonds. The van der Waals surface area contributed by atoms with Crippen molar-refractivity contribution in [3.63, 3.8) is 0 Å². The monoisotopic (exact) mass is 293 g/mol. The minimum absolute atomic E-state index is 0.401. The van der Waals surface area contributed by atoms with Crippen LogP contribution in [-0.4, -0.2) is 27.8 Å². The van der Waals surface area contributed by atoms with Gasteiger partial charge in [-0.1, -0.05) is 39.5 Å². The van der Waals surface area contributed by atoms with Crippen LogP contribution in [0.4, 0.5) is 0 Å². The Morgan fingerprint density at radius 2 is 2.10 bits per heavy atom. The molecular weight excluding hydrogens is 266 g/mol. The predicted octanol–water partition coefficient (Wildman–Crippen LogP) is 3.76. The van der Waals surface area contributed by atoms with Gasteiger partial charge in [0.2, 0.25) is 0 Å². The molecule has 1 N–H and O–H groups in total. The summed E-state index contributed by atoms with van der Waals surface area (Å²) in [6, 6.07) is 0.602. The van der Waals surface area contributed by atoms with Crippen molar-refractivity contribution in [1.29, 1.82) is 0 Å². The van der Waals surface area contributed by atoms with Crippen molar-refractivity contribution in [2.24, 2.45) is 11.3 Å². The Morgan fingerprint density at radius 1 is 1.30 bits per heavy atom. The van der Waals surface area contributed by atoms with Crippen molar-refractivity contribution in [2.45, 2.75) is 63.3 Å². The van der Waals surface area contributed by atoms with E-state index < -0.39 is 0 Å². The van der Waals surface area contributed by atoms with E-state index in [0.29, 0.717) is 16.7 Å². The summed E-state index contributed by atoms with van der Waals surface area (Å²) in [5, 5.41) is 5.31. The van der Waals surface area contributed by atoms with E-state index in [-0.39, 0.29) is 0 Å². The molecule has 1 aliphatic carbocycles. The molecule has 2 rings (SSSR count). The molecule has 0 radical (unpaired) electrons. The van der Waals surface area contributed by atoms with Crippen molar-refractivity contribution < 1.29 is 0 Å². The first-order valence-corrected chi connectivity index (χ1v) is 8.54. The van der Waals surface area contributed by atoms with Gasteiger partial charge in [-0.15, -0.1) is 0 Å². The second-order valence-electron chi connectivity index (χ2n) is 6.74. The third kappa shape index (κ3) is 4.19. The van der Waals surface area contributed by atoms with Gasteiger partial charge < -0.3 is 5.32 Å². The normalized spacial score (nSPS) is 27.5. The van der Waals surface area contributed by atoms with Crippen molar-refractivity contribution in [2.75, 3.05) is 6.54 Å². The van der Waals surface area contributed by atoms with E-state index in [1.54, 1.807) is 12.4 Å². The van der Waals surface area contributed by atoms with Crippen LogP contribution in [0.3, 0.4) is 0 Å². The molecule has 20 heavy (non-hydrogen) atoms. The third-order valence-electron chi connectivity index (χ3n) is 4.29. The number of nitrogens with zero attached hydrogens (tertiary/aromatic N) is 2. The van der Waals surface area contributed by atoms with Gasteiger partial charge in [0.15, 0.2) is 0 Å². The van der Waals surface area contributed by atoms with E-state index in [0.717, 1.165) is 17.5 Å². The van der Waals surface area contributed by atoms with Crippen LogP contribution in [0, 0.1) is 11.3 Å². The first-order valence-electron chi connectivity index (χ1n) is 7.66. The van der Waals surface area contributed by atoms with Gasteiger partial charge in [0.1, 0.15) is 5.03 Å². The second-order valence-corrected chi connectivity index (χ2v) is 8.00. The molecule has 1 aromatic rings. The zero-order valence-corrected chi connectivity index (χ0v) is 13.9. The van der Waals surface area contributed by atoms with Crippen LogP contribution in [0.15, 0.2) is 23.6 Å². The number of hydrogen-bond donors (Lipinski definition) is 1. The molecule has 3 nitrogen and oxygen atoms in total. The van der Waals surface area contributed by atoms with Crippen LogP contribution in [-0.2, 0) is 0 Å². The van der Waals surface area contributed by atoms with Crippen molar-refractivity contribution >= 4 is 11.8 Å². The molecule has 0 aliphatic heterocycles. The van der Waals surface area contributed by atoms with Gasteiger partial charge in [-0.25, -0.2) is 4.98 Å². The summed E-state index contributed by atoms with van der Waals surface area (Å²) >= 11 is 1.90. The number of aromatic nitrogens is 2. The number of thioether (sulfide) groups is 1. The smallest absolute Gasteiger partial charge is 0.115 e. The predicted molar refractivity (Wildman–Crippen MR) is 85.9 cm³/mol. The maximum atomic E-state index is 4.43. The zero-order valence-electron chi connectivity index (χ0n) is 13.1. The SMILES string of the molecule is CCNC1CCC(C(C)(C)C)CC1Sc1cnccn1. The fraction of sp³-hybridized carbons (Fsp3) is 0.750. The van der Waals surface area contributed by atoms with Gasteiger partial charge in [-0.05, 0) is 37.1 Å². The van der Waals surface area contributed by atoms with Gasteiger partial charge in [0.25, 0.3) is 0 Å². The molecule has 1 fully saturated rings. The highest BCUT2D eigenvalue weighted by atomic mass is 32.2. The summed E-state index contributed by atoms with van der Waals surface area (Å²) in [4.78, 5) is 8.61. The van der Waals surface area contributed by atoms with Crippen LogP contribution in [0.25, 0.3) is 0 Å². The first-order chi connectivity index (χ1) is 9.50. The Kier molecular flexibility index (Phi) is 5.44. The largest absolute Gasteiger partial charge is 0.313 e. The fourth-order valence-electron chi connectivity index (χ4n) is 3.04. The number of nitrogens with one attached hydrogen (secondary N) is 1. The topological polar surface area (TPSA) is 37.8 Å². The van der Waals surface area contributed by atoms with Gasteiger partial charge in [0, 0.05) is 23.7 Å². The Hall–Kier alpha value is -0.610. The minimum Gasteiger partial charge on any atom is -0.313 e. The highest BCUT2D eigenvalue weighted by Gasteiger charge is 2.36. The van der Waals surface area contributed by atoms with E-state index in [4.69, 9.17) is 0 Å².